The van der Waals surface area contributed by atoms with Crippen LogP contribution in [-0.2, 0) is 4.79 Å². The van der Waals surface area contributed by atoms with Crippen LogP contribution in [0.5, 0.6) is 0 Å². The lowest BCUT2D eigenvalue weighted by Gasteiger charge is -2.00. The van der Waals surface area contributed by atoms with Gasteiger partial charge in [-0.2, -0.15) is 10.4 Å². The topological polar surface area (TPSA) is 97.6 Å². The Bertz CT molecular complexity index is 937. The first-order chi connectivity index (χ1) is 11.7. The molecule has 3 rings (SSSR count). The number of primary amides is 1. The fraction of sp³-hybridized carbons (Fsp3) is 0. The van der Waals surface area contributed by atoms with Gasteiger partial charge in [-0.1, -0.05) is 18.2 Å². The predicted molar refractivity (Wildman–Crippen MR) is 89.6 cm³/mol. The average molecular weight is 315 g/mol. The van der Waals surface area contributed by atoms with E-state index in [-0.39, 0.29) is 5.57 Å². The molecule has 24 heavy (non-hydrogen) atoms. The number of para-hydroxylation sites is 1. The molecule has 0 aliphatic heterocycles. The highest BCUT2D eigenvalue weighted by molar-refractivity contribution is 6.01. The molecule has 2 N–H and O–H groups in total. The summed E-state index contributed by atoms with van der Waals surface area (Å²) in [4.78, 5) is 15.4. The Morgan fingerprint density at radius 2 is 2.00 bits per heavy atom. The molecular formula is C18H13N5O. The first-order valence-electron chi connectivity index (χ1n) is 7.16. The number of nitriles is 1. The summed E-state index contributed by atoms with van der Waals surface area (Å²) in [6, 6.07) is 15.0. The number of amides is 1. The van der Waals surface area contributed by atoms with Crippen molar-refractivity contribution in [2.45, 2.75) is 0 Å². The number of nitrogens with two attached hydrogens (primary N) is 1. The van der Waals surface area contributed by atoms with Gasteiger partial charge in [-0.3, -0.25) is 9.78 Å². The third-order valence-corrected chi connectivity index (χ3v) is 3.38. The second-order valence-electron chi connectivity index (χ2n) is 4.99. The van der Waals surface area contributed by atoms with E-state index >= 15 is 0 Å². The normalized spacial score (nSPS) is 11.0. The highest BCUT2D eigenvalue weighted by Gasteiger charge is 2.13. The summed E-state index contributed by atoms with van der Waals surface area (Å²) in [5, 5.41) is 13.7. The number of carbonyl (C=O) groups is 1. The molecule has 3 aromatic rings. The van der Waals surface area contributed by atoms with Gasteiger partial charge >= 0.3 is 0 Å². The molecule has 0 saturated carbocycles. The minimum Gasteiger partial charge on any atom is -0.365 e. The molecule has 0 aliphatic carbocycles. The van der Waals surface area contributed by atoms with E-state index in [1.165, 1.54) is 6.08 Å². The third-order valence-electron chi connectivity index (χ3n) is 3.38. The molecule has 0 spiro atoms. The molecule has 0 fully saturated rings. The van der Waals surface area contributed by atoms with E-state index in [0.29, 0.717) is 11.3 Å². The molecule has 0 aliphatic rings. The first kappa shape index (κ1) is 15.2. The van der Waals surface area contributed by atoms with Crippen LogP contribution >= 0.6 is 0 Å². The van der Waals surface area contributed by atoms with Crippen LogP contribution in [0.2, 0.25) is 0 Å². The lowest BCUT2D eigenvalue weighted by Crippen LogP contribution is -2.12. The van der Waals surface area contributed by atoms with E-state index in [9.17, 15) is 4.79 Å². The van der Waals surface area contributed by atoms with Crippen LogP contribution < -0.4 is 5.73 Å². The molecular weight excluding hydrogens is 302 g/mol. The minimum absolute atomic E-state index is 0.132. The molecule has 0 atom stereocenters. The summed E-state index contributed by atoms with van der Waals surface area (Å²) in [5.41, 5.74) is 7.96. The molecule has 0 unspecified atom stereocenters. The molecule has 1 amide bonds. The minimum atomic E-state index is -0.776. The van der Waals surface area contributed by atoms with E-state index < -0.39 is 5.91 Å². The quantitative estimate of drug-likeness (QED) is 0.590. The molecule has 6 heteroatoms. The second-order valence-corrected chi connectivity index (χ2v) is 4.99. The lowest BCUT2D eigenvalue weighted by molar-refractivity contribution is -0.114. The lowest BCUT2D eigenvalue weighted by atomic mass is 10.1. The summed E-state index contributed by atoms with van der Waals surface area (Å²) < 4.78 is 1.68. The van der Waals surface area contributed by atoms with Crippen LogP contribution in [0, 0.1) is 11.3 Å². The SMILES string of the molecule is N#C/C(=C/c1cn(-c2ccccc2)nc1-c1cccnc1)C(N)=O. The van der Waals surface area contributed by atoms with Gasteiger partial charge in [0.2, 0.25) is 0 Å². The van der Waals surface area contributed by atoms with Gasteiger partial charge in [0.15, 0.2) is 0 Å². The Morgan fingerprint density at radius 1 is 1.21 bits per heavy atom. The van der Waals surface area contributed by atoms with Crippen LogP contribution in [0.25, 0.3) is 23.0 Å². The van der Waals surface area contributed by atoms with Crippen molar-refractivity contribution in [3.05, 3.63) is 72.2 Å². The third kappa shape index (κ3) is 3.05. The van der Waals surface area contributed by atoms with E-state index in [1.807, 2.05) is 42.5 Å². The van der Waals surface area contributed by atoms with E-state index in [1.54, 1.807) is 29.3 Å². The van der Waals surface area contributed by atoms with Gasteiger partial charge in [0.05, 0.1) is 5.69 Å². The summed E-state index contributed by atoms with van der Waals surface area (Å²) >= 11 is 0. The van der Waals surface area contributed by atoms with Crippen molar-refractivity contribution in [3.63, 3.8) is 0 Å². The van der Waals surface area contributed by atoms with Gasteiger partial charge in [-0.05, 0) is 30.3 Å². The number of benzene rings is 1. The monoisotopic (exact) mass is 315 g/mol. The maximum Gasteiger partial charge on any atom is 0.259 e. The summed E-state index contributed by atoms with van der Waals surface area (Å²) in [5.74, 6) is -0.776. The smallest absolute Gasteiger partial charge is 0.259 e. The maximum atomic E-state index is 11.4. The Labute approximate surface area is 138 Å². The van der Waals surface area contributed by atoms with Crippen molar-refractivity contribution >= 4 is 12.0 Å². The first-order valence-corrected chi connectivity index (χ1v) is 7.16. The van der Waals surface area contributed by atoms with Crippen LogP contribution in [-0.4, -0.2) is 20.7 Å². The van der Waals surface area contributed by atoms with Crippen molar-refractivity contribution in [2.24, 2.45) is 5.73 Å². The molecule has 0 radical (unpaired) electrons. The number of nitrogens with zero attached hydrogens (tertiary/aromatic N) is 4. The zero-order chi connectivity index (χ0) is 16.9. The highest BCUT2D eigenvalue weighted by atomic mass is 16.1. The van der Waals surface area contributed by atoms with Gasteiger partial charge in [0, 0.05) is 29.7 Å². The van der Waals surface area contributed by atoms with Gasteiger partial charge in [-0.15, -0.1) is 0 Å². The zero-order valence-electron chi connectivity index (χ0n) is 12.6. The van der Waals surface area contributed by atoms with E-state index in [4.69, 9.17) is 11.0 Å². The van der Waals surface area contributed by atoms with Crippen LogP contribution in [0.15, 0.2) is 66.6 Å². The second kappa shape index (κ2) is 6.58. The molecule has 0 bridgehead atoms. The average Bonchev–Trinajstić information content (AvgIpc) is 3.05. The number of carbonyl (C=O) groups excluding carboxylic acids is 1. The van der Waals surface area contributed by atoms with Crippen molar-refractivity contribution < 1.29 is 4.79 Å². The van der Waals surface area contributed by atoms with Gasteiger partial charge in [0.25, 0.3) is 5.91 Å². The number of aromatic nitrogens is 3. The molecule has 6 nitrogen and oxygen atoms in total. The number of pyridine rings is 1. The Morgan fingerprint density at radius 3 is 2.62 bits per heavy atom. The van der Waals surface area contributed by atoms with Gasteiger partial charge in [-0.25, -0.2) is 4.68 Å². The number of hydrogen-bond donors (Lipinski definition) is 1. The standard InChI is InChI=1S/C18H13N5O/c19-10-14(18(20)24)9-15-12-23(16-6-2-1-3-7-16)22-17(15)13-5-4-8-21-11-13/h1-9,11-12H,(H2,20,24)/b14-9-. The summed E-state index contributed by atoms with van der Waals surface area (Å²) in [7, 11) is 0. The van der Waals surface area contributed by atoms with Crippen LogP contribution in [0.4, 0.5) is 0 Å². The largest absolute Gasteiger partial charge is 0.365 e. The molecule has 2 heterocycles. The number of hydrogen-bond acceptors (Lipinski definition) is 4. The highest BCUT2D eigenvalue weighted by Crippen LogP contribution is 2.25. The molecule has 1 aromatic carbocycles. The van der Waals surface area contributed by atoms with Crippen molar-refractivity contribution in [2.75, 3.05) is 0 Å². The van der Waals surface area contributed by atoms with E-state index in [0.717, 1.165) is 11.3 Å². The molecule has 116 valence electrons. The summed E-state index contributed by atoms with van der Waals surface area (Å²) in [6.45, 7) is 0. The fourth-order valence-corrected chi connectivity index (χ4v) is 2.25. The Hall–Kier alpha value is -3.72. The van der Waals surface area contributed by atoms with E-state index in [2.05, 4.69) is 10.1 Å². The fourth-order valence-electron chi connectivity index (χ4n) is 2.25. The maximum absolute atomic E-state index is 11.4. The Kier molecular flexibility index (Phi) is 4.17. The molecule has 2 aromatic heterocycles. The van der Waals surface area contributed by atoms with Crippen LogP contribution in [0.3, 0.4) is 0 Å². The zero-order valence-corrected chi connectivity index (χ0v) is 12.6. The van der Waals surface area contributed by atoms with Crippen molar-refractivity contribution in [1.29, 1.82) is 5.26 Å². The predicted octanol–water partition coefficient (Wildman–Crippen LogP) is 2.33. The van der Waals surface area contributed by atoms with Crippen molar-refractivity contribution in [1.82, 2.24) is 14.8 Å². The Balaban J connectivity index is 2.18. The van der Waals surface area contributed by atoms with Crippen LogP contribution in [0.1, 0.15) is 5.56 Å². The summed E-state index contributed by atoms with van der Waals surface area (Å²) in [6.07, 6.45) is 6.53. The number of rotatable bonds is 4. The van der Waals surface area contributed by atoms with Crippen molar-refractivity contribution in [3.8, 4) is 23.0 Å². The van der Waals surface area contributed by atoms with Gasteiger partial charge < -0.3 is 5.73 Å². The van der Waals surface area contributed by atoms with Gasteiger partial charge in [0.1, 0.15) is 17.3 Å². The molecule has 0 saturated heterocycles.